The Balaban J connectivity index is 1.11. The number of aromatic amines is 1. The quantitative estimate of drug-likeness (QED) is 0.239. The molecule has 15 heteroatoms. The average Bonchev–Trinajstić information content (AvgIpc) is 3.89. The second kappa shape index (κ2) is 14.2. The van der Waals surface area contributed by atoms with Gasteiger partial charge in [-0.15, -0.1) is 0 Å². The number of hydrogen-bond acceptors (Lipinski definition) is 9. The van der Waals surface area contributed by atoms with E-state index in [0.29, 0.717) is 25.3 Å². The van der Waals surface area contributed by atoms with Gasteiger partial charge in [0.15, 0.2) is 4.96 Å². The zero-order valence-corrected chi connectivity index (χ0v) is 29.4. The van der Waals surface area contributed by atoms with Crippen molar-refractivity contribution < 1.29 is 24.3 Å². The molecule has 4 amide bonds. The number of carbonyl (C=O) groups excluding carboxylic acids is 4. The number of carbonyl (C=O) groups is 4. The zero-order valence-electron chi connectivity index (χ0n) is 28.6. The Hall–Kier alpha value is -4.37. The molecule has 0 aliphatic carbocycles. The molecule has 14 nitrogen and oxygen atoms in total. The monoisotopic (exact) mass is 691 g/mol. The summed E-state index contributed by atoms with van der Waals surface area (Å²) in [6.07, 6.45) is 11.6. The molecule has 4 atom stereocenters. The molecule has 3 aromatic heterocycles. The first kappa shape index (κ1) is 34.5. The van der Waals surface area contributed by atoms with Crippen molar-refractivity contribution in [3.05, 3.63) is 36.3 Å². The summed E-state index contributed by atoms with van der Waals surface area (Å²) in [6.45, 7) is 9.62. The molecule has 0 radical (unpaired) electrons. The number of likely N-dealkylation sites (tertiary alicyclic amines) is 2. The molecule has 1 unspecified atom stereocenters. The molecule has 2 saturated heterocycles. The third-order valence-corrected chi connectivity index (χ3v) is 10.6. The van der Waals surface area contributed by atoms with Gasteiger partial charge in [-0.3, -0.25) is 28.6 Å². The van der Waals surface area contributed by atoms with E-state index in [1.54, 1.807) is 11.1 Å². The molecule has 6 rings (SSSR count). The summed E-state index contributed by atoms with van der Waals surface area (Å²) in [6, 6.07) is -1.61. The first-order valence-corrected chi connectivity index (χ1v) is 17.8. The number of nitrogens with zero attached hydrogens (tertiary/aromatic N) is 6. The molecule has 262 valence electrons. The number of allylic oxidation sites excluding steroid dienone is 1. The summed E-state index contributed by atoms with van der Waals surface area (Å²) in [5, 5.41) is 14.7. The summed E-state index contributed by atoms with van der Waals surface area (Å²) in [7, 11) is 0. The Morgan fingerprint density at radius 3 is 2.27 bits per heavy atom. The highest BCUT2D eigenvalue weighted by Crippen LogP contribution is 2.36. The Morgan fingerprint density at radius 1 is 0.980 bits per heavy atom. The van der Waals surface area contributed by atoms with Crippen LogP contribution in [-0.4, -0.2) is 101 Å². The van der Waals surface area contributed by atoms with Gasteiger partial charge in [0.1, 0.15) is 24.5 Å². The van der Waals surface area contributed by atoms with Crippen molar-refractivity contribution in [2.45, 2.75) is 90.9 Å². The smallest absolute Gasteiger partial charge is 0.246 e. The zero-order chi connectivity index (χ0) is 35.0. The third-order valence-electron chi connectivity index (χ3n) is 9.56. The molecule has 3 aromatic rings. The number of aromatic nitrogens is 4. The van der Waals surface area contributed by atoms with Crippen LogP contribution in [0.4, 0.5) is 0 Å². The Morgan fingerprint density at radius 2 is 1.63 bits per heavy atom. The van der Waals surface area contributed by atoms with Crippen LogP contribution in [0.2, 0.25) is 0 Å². The highest BCUT2D eigenvalue weighted by molar-refractivity contribution is 7.20. The van der Waals surface area contributed by atoms with Crippen LogP contribution in [0.25, 0.3) is 21.1 Å². The fourth-order valence-corrected chi connectivity index (χ4v) is 7.96. The van der Waals surface area contributed by atoms with Crippen molar-refractivity contribution in [1.82, 2.24) is 39.8 Å². The van der Waals surface area contributed by atoms with Crippen molar-refractivity contribution >= 4 is 51.2 Å². The largest absolute Gasteiger partial charge is 0.387 e. The minimum Gasteiger partial charge on any atom is -0.387 e. The van der Waals surface area contributed by atoms with Crippen LogP contribution in [0.15, 0.2) is 29.8 Å². The first-order chi connectivity index (χ1) is 23.4. The number of aliphatic hydroxyl groups excluding tert-OH is 1. The van der Waals surface area contributed by atoms with Crippen LogP contribution in [0.3, 0.4) is 0 Å². The number of H-pyrrole nitrogens is 1. The molecule has 2 fully saturated rings. The van der Waals surface area contributed by atoms with Crippen molar-refractivity contribution in [3.63, 3.8) is 0 Å². The number of amides is 4. The second-order valence-corrected chi connectivity index (χ2v) is 14.8. The molecule has 49 heavy (non-hydrogen) atoms. The van der Waals surface area contributed by atoms with Gasteiger partial charge < -0.3 is 30.5 Å². The average molecular weight is 692 g/mol. The lowest BCUT2D eigenvalue weighted by Gasteiger charge is -2.31. The summed E-state index contributed by atoms with van der Waals surface area (Å²) in [4.78, 5) is 73.8. The van der Waals surface area contributed by atoms with Crippen LogP contribution in [0, 0.1) is 11.8 Å². The number of hydrogen-bond donors (Lipinski definition) is 4. The Labute approximate surface area is 289 Å². The van der Waals surface area contributed by atoms with Gasteiger partial charge in [0.2, 0.25) is 23.6 Å². The van der Waals surface area contributed by atoms with E-state index in [1.165, 1.54) is 18.3 Å². The summed E-state index contributed by atoms with van der Waals surface area (Å²) in [5.74, 6) is -0.479. The lowest BCUT2D eigenvalue weighted by Crippen LogP contribution is -2.53. The number of aliphatic hydroxyl groups is 1. The van der Waals surface area contributed by atoms with Gasteiger partial charge in [-0.05, 0) is 37.5 Å². The van der Waals surface area contributed by atoms with Crippen molar-refractivity contribution in [1.29, 1.82) is 0 Å². The van der Waals surface area contributed by atoms with Crippen LogP contribution < -0.4 is 10.6 Å². The molecular weight excluding hydrogens is 646 g/mol. The maximum Gasteiger partial charge on any atom is 0.246 e. The molecule has 3 aliphatic rings. The van der Waals surface area contributed by atoms with E-state index in [1.807, 2.05) is 55.6 Å². The summed E-state index contributed by atoms with van der Waals surface area (Å²) >= 11 is 1.53. The maximum absolute atomic E-state index is 13.5. The SMILES string of the molecule is CC(=O)N[C@H](C(=O)N1CCCC1C1=NC=C(c2cn3cc(-c4cnc([C@@H]5CCCN5C(=O)[C@@H](NC(=O)CO)C(C)C)[nH]4)sc3n2)C1)C(C)C. The Kier molecular flexibility index (Phi) is 10.0. The third kappa shape index (κ3) is 7.04. The van der Waals surface area contributed by atoms with Crippen molar-refractivity contribution in [3.8, 4) is 10.6 Å². The molecule has 3 aliphatic heterocycles. The predicted molar refractivity (Wildman–Crippen MR) is 185 cm³/mol. The van der Waals surface area contributed by atoms with Gasteiger partial charge in [0.25, 0.3) is 0 Å². The first-order valence-electron chi connectivity index (χ1n) is 17.0. The molecule has 0 saturated carbocycles. The van der Waals surface area contributed by atoms with Crippen LogP contribution >= 0.6 is 11.3 Å². The van der Waals surface area contributed by atoms with Gasteiger partial charge in [-0.2, -0.15) is 0 Å². The fraction of sp³-hybridized carbons (Fsp3) is 0.559. The predicted octanol–water partition coefficient (Wildman–Crippen LogP) is 2.92. The lowest BCUT2D eigenvalue weighted by atomic mass is 9.99. The summed E-state index contributed by atoms with van der Waals surface area (Å²) in [5.41, 5.74) is 3.61. The van der Waals surface area contributed by atoms with Crippen LogP contribution in [0.5, 0.6) is 0 Å². The van der Waals surface area contributed by atoms with E-state index in [2.05, 4.69) is 20.6 Å². The number of nitrogens with one attached hydrogen (secondary N) is 3. The van der Waals surface area contributed by atoms with Crippen LogP contribution in [0.1, 0.15) is 84.3 Å². The highest BCUT2D eigenvalue weighted by Gasteiger charge is 2.39. The second-order valence-electron chi connectivity index (χ2n) is 13.8. The summed E-state index contributed by atoms with van der Waals surface area (Å²) < 4.78 is 1.99. The van der Waals surface area contributed by atoms with Crippen molar-refractivity contribution in [2.24, 2.45) is 16.8 Å². The van der Waals surface area contributed by atoms with Gasteiger partial charge in [0.05, 0.1) is 34.5 Å². The van der Waals surface area contributed by atoms with E-state index >= 15 is 0 Å². The van der Waals surface area contributed by atoms with Gasteiger partial charge in [-0.25, -0.2) is 9.97 Å². The highest BCUT2D eigenvalue weighted by atomic mass is 32.1. The number of fused-ring (bicyclic) bond motifs is 1. The normalized spacial score (nSPS) is 20.7. The maximum atomic E-state index is 13.5. The van der Waals surface area contributed by atoms with Crippen molar-refractivity contribution in [2.75, 3.05) is 19.7 Å². The van der Waals surface area contributed by atoms with Crippen LogP contribution in [-0.2, 0) is 19.2 Å². The van der Waals surface area contributed by atoms with Gasteiger partial charge in [0, 0.05) is 56.3 Å². The minimum absolute atomic E-state index is 0.0221. The number of thiazole rings is 1. The number of rotatable bonds is 11. The fourth-order valence-electron chi connectivity index (χ4n) is 7.03. The molecule has 0 bridgehead atoms. The van der Waals surface area contributed by atoms with Gasteiger partial charge in [-0.1, -0.05) is 39.0 Å². The van der Waals surface area contributed by atoms with E-state index in [4.69, 9.17) is 9.98 Å². The standard InChI is InChI=1S/C34H45N9O5S/c1-18(2)29(37-20(5)45)32(47)42-10-6-8-25(42)22-12-21(13-35-22)24-15-41-16-27(49-34(41)39-24)23-14-36-31(38-23)26-9-7-11-43(26)33(48)30(19(3)4)40-28(46)17-44/h13-16,18-19,25-26,29-30,44H,6-12,17H2,1-5H3,(H,36,38)(H,37,45)(H,40,46)/t25?,26-,29-,30-/m0/s1. The molecule has 0 aromatic carbocycles. The minimum atomic E-state index is -0.725. The van der Waals surface area contributed by atoms with Gasteiger partial charge >= 0.3 is 0 Å². The van der Waals surface area contributed by atoms with E-state index in [9.17, 15) is 24.3 Å². The number of aliphatic imine (C=N–C) groups is 1. The molecule has 0 spiro atoms. The molecular formula is C34H45N9O5S. The van der Waals surface area contributed by atoms with E-state index in [-0.39, 0.29) is 41.6 Å². The molecule has 6 heterocycles. The lowest BCUT2D eigenvalue weighted by molar-refractivity contribution is -0.139. The van der Waals surface area contributed by atoms with E-state index < -0.39 is 24.6 Å². The van der Waals surface area contributed by atoms with E-state index in [0.717, 1.165) is 58.2 Å². The Bertz CT molecular complexity index is 1770. The molecule has 4 N–H and O–H groups in total. The topological polar surface area (TPSA) is 177 Å². The number of imidazole rings is 2.